The van der Waals surface area contributed by atoms with Crippen molar-refractivity contribution in [2.75, 3.05) is 46.6 Å². The highest BCUT2D eigenvalue weighted by molar-refractivity contribution is 5.35. The number of hydrogen-bond donors (Lipinski definition) is 1. The fourth-order valence-corrected chi connectivity index (χ4v) is 3.28. The number of nitrogens with zero attached hydrogens (tertiary/aromatic N) is 1. The van der Waals surface area contributed by atoms with Crippen molar-refractivity contribution in [2.24, 2.45) is 0 Å². The molecule has 0 radical (unpaired) electrons. The van der Waals surface area contributed by atoms with Crippen molar-refractivity contribution in [3.8, 4) is 11.5 Å². The lowest BCUT2D eigenvalue weighted by atomic mass is 10.0. The van der Waals surface area contributed by atoms with E-state index in [-0.39, 0.29) is 0 Å². The van der Waals surface area contributed by atoms with E-state index in [0.29, 0.717) is 13.2 Å². The molecule has 0 spiro atoms. The number of aliphatic hydroxyl groups is 1. The third-order valence-electron chi connectivity index (χ3n) is 4.79. The molecule has 0 aliphatic carbocycles. The highest BCUT2D eigenvalue weighted by Crippen LogP contribution is 2.21. The Bertz CT molecular complexity index is 700. The maximum Gasteiger partial charge on any atom is 0.122 e. The Labute approximate surface area is 161 Å². The molecule has 146 valence electrons. The van der Waals surface area contributed by atoms with Gasteiger partial charge in [0, 0.05) is 19.6 Å². The van der Waals surface area contributed by atoms with Crippen LogP contribution in [0.3, 0.4) is 0 Å². The van der Waals surface area contributed by atoms with Crippen LogP contribution < -0.4 is 9.47 Å². The summed E-state index contributed by atoms with van der Waals surface area (Å²) in [6, 6.07) is 16.2. The van der Waals surface area contributed by atoms with Gasteiger partial charge in [0.2, 0.25) is 0 Å². The van der Waals surface area contributed by atoms with Crippen LogP contribution in [0.25, 0.3) is 0 Å². The molecule has 0 unspecified atom stereocenters. The first-order chi connectivity index (χ1) is 13.2. The zero-order valence-electron chi connectivity index (χ0n) is 16.0. The minimum absolute atomic E-state index is 0.299. The zero-order valence-corrected chi connectivity index (χ0v) is 16.0. The lowest BCUT2D eigenvalue weighted by Gasteiger charge is -2.28. The van der Waals surface area contributed by atoms with Crippen LogP contribution in [0.15, 0.2) is 48.5 Å². The topological polar surface area (TPSA) is 51.2 Å². The smallest absolute Gasteiger partial charge is 0.122 e. The van der Waals surface area contributed by atoms with E-state index in [0.717, 1.165) is 56.2 Å². The number of rotatable bonds is 9. The lowest BCUT2D eigenvalue weighted by molar-refractivity contribution is 0.00457. The SMILES string of the molecule is COc1cccc(CCc2ccccc2OC[C@@H](O)CN2CCOCC2)c1. The first kappa shape index (κ1) is 19.7. The molecule has 1 saturated heterocycles. The van der Waals surface area contributed by atoms with Gasteiger partial charge in [-0.2, -0.15) is 0 Å². The molecule has 2 aromatic rings. The molecule has 3 rings (SSSR count). The Morgan fingerprint density at radius 3 is 2.70 bits per heavy atom. The number of aryl methyl sites for hydroxylation is 2. The molecule has 0 amide bonds. The number of benzene rings is 2. The van der Waals surface area contributed by atoms with Crippen LogP contribution in [0, 0.1) is 0 Å². The summed E-state index contributed by atoms with van der Waals surface area (Å²) >= 11 is 0. The Balaban J connectivity index is 1.52. The highest BCUT2D eigenvalue weighted by Gasteiger charge is 2.16. The predicted molar refractivity (Wildman–Crippen MR) is 106 cm³/mol. The van der Waals surface area contributed by atoms with Gasteiger partial charge < -0.3 is 19.3 Å². The summed E-state index contributed by atoms with van der Waals surface area (Å²) in [6.45, 7) is 4.13. The van der Waals surface area contributed by atoms with Gasteiger partial charge in [0.05, 0.1) is 20.3 Å². The van der Waals surface area contributed by atoms with E-state index in [9.17, 15) is 5.11 Å². The Morgan fingerprint density at radius 2 is 1.89 bits per heavy atom. The van der Waals surface area contributed by atoms with Crippen LogP contribution in [0.4, 0.5) is 0 Å². The largest absolute Gasteiger partial charge is 0.497 e. The van der Waals surface area contributed by atoms with Gasteiger partial charge >= 0.3 is 0 Å². The third kappa shape index (κ3) is 6.24. The van der Waals surface area contributed by atoms with Gasteiger partial charge in [-0.05, 0) is 42.2 Å². The maximum absolute atomic E-state index is 10.3. The second-order valence-electron chi connectivity index (χ2n) is 6.84. The van der Waals surface area contributed by atoms with Gasteiger partial charge in [-0.1, -0.05) is 30.3 Å². The summed E-state index contributed by atoms with van der Waals surface area (Å²) in [6.07, 6.45) is 1.28. The van der Waals surface area contributed by atoms with Crippen LogP contribution in [0.5, 0.6) is 11.5 Å². The summed E-state index contributed by atoms with van der Waals surface area (Å²) in [4.78, 5) is 2.21. The van der Waals surface area contributed by atoms with Crippen molar-refractivity contribution in [3.63, 3.8) is 0 Å². The summed E-state index contributed by atoms with van der Waals surface area (Å²) in [5, 5.41) is 10.3. The van der Waals surface area contributed by atoms with Gasteiger partial charge in [-0.15, -0.1) is 0 Å². The summed E-state index contributed by atoms with van der Waals surface area (Å²) in [7, 11) is 1.68. The zero-order chi connectivity index (χ0) is 18.9. The Kier molecular flexibility index (Phi) is 7.51. The van der Waals surface area contributed by atoms with Gasteiger partial charge in [0.25, 0.3) is 0 Å². The standard InChI is InChI=1S/C22H29NO4/c1-25-21-7-4-5-18(15-21)9-10-19-6-2-3-8-22(19)27-17-20(24)16-23-11-13-26-14-12-23/h2-8,15,20,24H,9-14,16-17H2,1H3/t20-/m0/s1. The van der Waals surface area contributed by atoms with Crippen molar-refractivity contribution < 1.29 is 19.3 Å². The molecule has 1 N–H and O–H groups in total. The highest BCUT2D eigenvalue weighted by atomic mass is 16.5. The average molecular weight is 371 g/mol. The molecule has 2 aromatic carbocycles. The third-order valence-corrected chi connectivity index (χ3v) is 4.79. The maximum atomic E-state index is 10.3. The Hall–Kier alpha value is -2.08. The quantitative estimate of drug-likeness (QED) is 0.734. The average Bonchev–Trinajstić information content (AvgIpc) is 2.72. The number of para-hydroxylation sites is 1. The number of morpholine rings is 1. The molecule has 5 nitrogen and oxygen atoms in total. The molecular formula is C22H29NO4. The van der Waals surface area contributed by atoms with E-state index in [1.165, 1.54) is 5.56 Å². The van der Waals surface area contributed by atoms with E-state index in [1.54, 1.807) is 7.11 Å². The fraction of sp³-hybridized carbons (Fsp3) is 0.455. The molecule has 0 aromatic heterocycles. The van der Waals surface area contributed by atoms with E-state index in [4.69, 9.17) is 14.2 Å². The monoisotopic (exact) mass is 371 g/mol. The number of aliphatic hydroxyl groups excluding tert-OH is 1. The lowest BCUT2D eigenvalue weighted by Crippen LogP contribution is -2.42. The number of ether oxygens (including phenoxy) is 3. The van der Waals surface area contributed by atoms with Crippen molar-refractivity contribution in [1.29, 1.82) is 0 Å². The first-order valence-corrected chi connectivity index (χ1v) is 9.56. The van der Waals surface area contributed by atoms with Gasteiger partial charge in [-0.25, -0.2) is 0 Å². The number of hydrogen-bond acceptors (Lipinski definition) is 5. The molecular weight excluding hydrogens is 342 g/mol. The summed E-state index contributed by atoms with van der Waals surface area (Å²) < 4.78 is 16.6. The van der Waals surface area contributed by atoms with Crippen molar-refractivity contribution in [3.05, 3.63) is 59.7 Å². The summed E-state index contributed by atoms with van der Waals surface area (Å²) in [5.41, 5.74) is 2.38. The molecule has 1 fully saturated rings. The van der Waals surface area contributed by atoms with Crippen LogP contribution in [-0.2, 0) is 17.6 Å². The van der Waals surface area contributed by atoms with Gasteiger partial charge in [0.1, 0.15) is 24.2 Å². The fourth-order valence-electron chi connectivity index (χ4n) is 3.28. The molecule has 1 aliphatic heterocycles. The van der Waals surface area contributed by atoms with Crippen molar-refractivity contribution in [2.45, 2.75) is 18.9 Å². The van der Waals surface area contributed by atoms with Crippen LogP contribution >= 0.6 is 0 Å². The van der Waals surface area contributed by atoms with Gasteiger partial charge in [0.15, 0.2) is 0 Å². The van der Waals surface area contributed by atoms with Crippen LogP contribution in [0.1, 0.15) is 11.1 Å². The first-order valence-electron chi connectivity index (χ1n) is 9.56. The predicted octanol–water partition coefficient (Wildman–Crippen LogP) is 2.55. The van der Waals surface area contributed by atoms with Crippen molar-refractivity contribution in [1.82, 2.24) is 4.90 Å². The molecule has 1 aliphatic rings. The number of β-amino-alcohol motifs (C(OH)–C–C–N with tert-alkyl or cyclic N) is 1. The molecule has 27 heavy (non-hydrogen) atoms. The molecule has 0 saturated carbocycles. The molecule has 1 atom stereocenters. The van der Waals surface area contributed by atoms with Crippen molar-refractivity contribution >= 4 is 0 Å². The molecule has 5 heteroatoms. The normalized spacial score (nSPS) is 16.1. The molecule has 0 bridgehead atoms. The minimum Gasteiger partial charge on any atom is -0.497 e. The molecule has 1 heterocycles. The Morgan fingerprint density at radius 1 is 1.07 bits per heavy atom. The van der Waals surface area contributed by atoms with Crippen LogP contribution in [-0.4, -0.2) is 62.7 Å². The van der Waals surface area contributed by atoms with E-state index < -0.39 is 6.10 Å². The van der Waals surface area contributed by atoms with Gasteiger partial charge in [-0.3, -0.25) is 4.90 Å². The van der Waals surface area contributed by atoms with E-state index in [2.05, 4.69) is 23.1 Å². The minimum atomic E-state index is -0.505. The summed E-state index contributed by atoms with van der Waals surface area (Å²) in [5.74, 6) is 1.73. The van der Waals surface area contributed by atoms with E-state index >= 15 is 0 Å². The number of methoxy groups -OCH3 is 1. The van der Waals surface area contributed by atoms with E-state index in [1.807, 2.05) is 30.3 Å². The second-order valence-corrected chi connectivity index (χ2v) is 6.84. The second kappa shape index (κ2) is 10.3. The van der Waals surface area contributed by atoms with Crippen LogP contribution in [0.2, 0.25) is 0 Å².